The van der Waals surface area contributed by atoms with Crippen molar-refractivity contribution in [2.75, 3.05) is 11.9 Å². The summed E-state index contributed by atoms with van der Waals surface area (Å²) in [4.78, 5) is 16.1. The van der Waals surface area contributed by atoms with E-state index >= 15 is 0 Å². The van der Waals surface area contributed by atoms with Gasteiger partial charge in [-0.1, -0.05) is 35.3 Å². The van der Waals surface area contributed by atoms with Gasteiger partial charge in [-0.25, -0.2) is 4.68 Å². The van der Waals surface area contributed by atoms with Gasteiger partial charge in [-0.15, -0.1) is 0 Å². The normalized spacial score (nSPS) is 15.6. The van der Waals surface area contributed by atoms with Crippen molar-refractivity contribution in [3.05, 3.63) is 63.9 Å². The molecule has 7 nitrogen and oxygen atoms in total. The number of hydrogen-bond acceptors (Lipinski definition) is 5. The molecule has 9 heteroatoms. The van der Waals surface area contributed by atoms with Gasteiger partial charge in [0.05, 0.1) is 19.1 Å². The zero-order chi connectivity index (χ0) is 20.4. The van der Waals surface area contributed by atoms with E-state index in [1.165, 1.54) is 6.33 Å². The lowest BCUT2D eigenvalue weighted by atomic mass is 10.0. The van der Waals surface area contributed by atoms with Crippen LogP contribution in [0.5, 0.6) is 11.5 Å². The first-order valence-corrected chi connectivity index (χ1v) is 9.84. The van der Waals surface area contributed by atoms with E-state index in [-0.39, 0.29) is 25.0 Å². The molecule has 3 aromatic rings. The van der Waals surface area contributed by atoms with Crippen LogP contribution in [0.2, 0.25) is 10.0 Å². The predicted octanol–water partition coefficient (Wildman–Crippen LogP) is 4.49. The minimum absolute atomic E-state index is 0.109. The Labute approximate surface area is 177 Å². The quantitative estimate of drug-likeness (QED) is 0.620. The first-order chi connectivity index (χ1) is 14.1. The molecule has 0 radical (unpaired) electrons. The highest BCUT2D eigenvalue weighted by molar-refractivity contribution is 6.35. The van der Waals surface area contributed by atoms with Crippen LogP contribution in [0.25, 0.3) is 0 Å². The van der Waals surface area contributed by atoms with Crippen molar-refractivity contribution in [1.29, 1.82) is 0 Å². The van der Waals surface area contributed by atoms with Gasteiger partial charge in [0.1, 0.15) is 12.9 Å². The minimum Gasteiger partial charge on any atom is -0.490 e. The summed E-state index contributed by atoms with van der Waals surface area (Å²) in [6.07, 6.45) is 1.68. The molecule has 150 valence electrons. The van der Waals surface area contributed by atoms with E-state index in [1.54, 1.807) is 22.9 Å². The molecule has 1 aliphatic heterocycles. The van der Waals surface area contributed by atoms with Crippen molar-refractivity contribution >= 4 is 35.1 Å². The summed E-state index contributed by atoms with van der Waals surface area (Å²) < 4.78 is 13.4. The maximum Gasteiger partial charge on any atom is 0.229 e. The molecule has 1 amide bonds. The molecule has 1 atom stereocenters. The standard InChI is InChI=1S/C20H18Cl2N4O3/c1-2-28-18-8-12(16-9-19(27)25-20-23-11-24-26(16)20)6-7-17(18)29-10-13-14(21)4-3-5-15(13)22/h3-8,11,16H,2,9-10H2,1H3,(H,23,24,25,27)/t16-/m1/s1. The fourth-order valence-electron chi connectivity index (χ4n) is 3.20. The van der Waals surface area contributed by atoms with Crippen molar-refractivity contribution in [1.82, 2.24) is 14.8 Å². The first-order valence-electron chi connectivity index (χ1n) is 9.08. The van der Waals surface area contributed by atoms with E-state index in [1.807, 2.05) is 25.1 Å². The average molecular weight is 433 g/mol. The van der Waals surface area contributed by atoms with Crippen LogP contribution < -0.4 is 14.8 Å². The monoisotopic (exact) mass is 432 g/mol. The van der Waals surface area contributed by atoms with Crippen LogP contribution in [0.1, 0.15) is 30.5 Å². The van der Waals surface area contributed by atoms with Crippen LogP contribution >= 0.6 is 23.2 Å². The molecule has 0 bridgehead atoms. The fraction of sp³-hybridized carbons (Fsp3) is 0.250. The molecule has 0 unspecified atom stereocenters. The lowest BCUT2D eigenvalue weighted by molar-refractivity contribution is -0.117. The van der Waals surface area contributed by atoms with Gasteiger partial charge in [-0.05, 0) is 36.8 Å². The number of anilines is 1. The summed E-state index contributed by atoms with van der Waals surface area (Å²) in [7, 11) is 0. The van der Waals surface area contributed by atoms with Crippen LogP contribution in [-0.2, 0) is 11.4 Å². The first kappa shape index (κ1) is 19.5. The second-order valence-electron chi connectivity index (χ2n) is 6.42. The summed E-state index contributed by atoms with van der Waals surface area (Å²) >= 11 is 12.5. The number of ether oxygens (including phenoxy) is 2. The molecule has 4 rings (SSSR count). The van der Waals surface area contributed by atoms with Gasteiger partial charge in [0.25, 0.3) is 0 Å². The molecule has 0 saturated heterocycles. The van der Waals surface area contributed by atoms with E-state index in [9.17, 15) is 4.79 Å². The molecule has 1 N–H and O–H groups in total. The van der Waals surface area contributed by atoms with Gasteiger partial charge in [0.2, 0.25) is 11.9 Å². The third-order valence-electron chi connectivity index (χ3n) is 4.58. The molecule has 0 saturated carbocycles. The second kappa shape index (κ2) is 8.31. The molecule has 0 fully saturated rings. The molecule has 2 aromatic carbocycles. The number of halogens is 2. The highest BCUT2D eigenvalue weighted by Crippen LogP contribution is 2.36. The van der Waals surface area contributed by atoms with E-state index in [4.69, 9.17) is 32.7 Å². The number of aromatic nitrogens is 3. The summed E-state index contributed by atoms with van der Waals surface area (Å²) in [6.45, 7) is 2.56. The Morgan fingerprint density at radius 1 is 1.17 bits per heavy atom. The van der Waals surface area contributed by atoms with Crippen LogP contribution in [0.3, 0.4) is 0 Å². The molecule has 1 aliphatic rings. The van der Waals surface area contributed by atoms with Crippen molar-refractivity contribution in [2.45, 2.75) is 26.0 Å². The molecular weight excluding hydrogens is 415 g/mol. The molecule has 1 aromatic heterocycles. The molecule has 0 aliphatic carbocycles. The maximum atomic E-state index is 12.0. The summed E-state index contributed by atoms with van der Waals surface area (Å²) in [5, 5.41) is 8.02. The van der Waals surface area contributed by atoms with Crippen LogP contribution in [0, 0.1) is 0 Å². The summed E-state index contributed by atoms with van der Waals surface area (Å²) in [5.74, 6) is 1.45. The van der Waals surface area contributed by atoms with Crippen molar-refractivity contribution in [3.8, 4) is 11.5 Å². The molecule has 29 heavy (non-hydrogen) atoms. The SMILES string of the molecule is CCOc1cc([C@H]2CC(=O)Nc3ncnn32)ccc1OCc1c(Cl)cccc1Cl. The Morgan fingerprint density at radius 2 is 1.97 bits per heavy atom. The van der Waals surface area contributed by atoms with Crippen LogP contribution in [0.4, 0.5) is 5.95 Å². The minimum atomic E-state index is -0.271. The topological polar surface area (TPSA) is 78.3 Å². The fourth-order valence-corrected chi connectivity index (χ4v) is 3.71. The van der Waals surface area contributed by atoms with Gasteiger partial charge < -0.3 is 9.47 Å². The largest absolute Gasteiger partial charge is 0.490 e. The number of amides is 1. The summed E-state index contributed by atoms with van der Waals surface area (Å²) in [5.41, 5.74) is 1.58. The summed E-state index contributed by atoms with van der Waals surface area (Å²) in [6, 6.07) is 10.6. The van der Waals surface area contributed by atoms with Crippen molar-refractivity contribution in [2.24, 2.45) is 0 Å². The van der Waals surface area contributed by atoms with Crippen molar-refractivity contribution in [3.63, 3.8) is 0 Å². The number of fused-ring (bicyclic) bond motifs is 1. The number of carbonyl (C=O) groups is 1. The Bertz CT molecular complexity index is 1030. The Kier molecular flexibility index (Phi) is 5.60. The van der Waals surface area contributed by atoms with E-state index in [0.29, 0.717) is 39.7 Å². The van der Waals surface area contributed by atoms with Crippen LogP contribution in [-0.4, -0.2) is 27.3 Å². The number of carbonyl (C=O) groups excluding carboxylic acids is 1. The lowest BCUT2D eigenvalue weighted by Crippen LogP contribution is -2.29. The number of benzene rings is 2. The van der Waals surface area contributed by atoms with Crippen molar-refractivity contribution < 1.29 is 14.3 Å². The van der Waals surface area contributed by atoms with Crippen LogP contribution in [0.15, 0.2) is 42.7 Å². The van der Waals surface area contributed by atoms with E-state index < -0.39 is 0 Å². The zero-order valence-electron chi connectivity index (χ0n) is 15.6. The molecular formula is C20H18Cl2N4O3. The second-order valence-corrected chi connectivity index (χ2v) is 7.24. The van der Waals surface area contributed by atoms with Gasteiger partial charge in [-0.3, -0.25) is 10.1 Å². The Balaban J connectivity index is 1.62. The zero-order valence-corrected chi connectivity index (χ0v) is 17.1. The lowest BCUT2D eigenvalue weighted by Gasteiger charge is -2.24. The number of hydrogen-bond donors (Lipinski definition) is 1. The van der Waals surface area contributed by atoms with E-state index in [0.717, 1.165) is 5.56 Å². The molecule has 0 spiro atoms. The maximum absolute atomic E-state index is 12.0. The highest BCUT2D eigenvalue weighted by Gasteiger charge is 2.28. The van der Waals surface area contributed by atoms with E-state index in [2.05, 4.69) is 15.4 Å². The third-order valence-corrected chi connectivity index (χ3v) is 5.29. The predicted molar refractivity (Wildman–Crippen MR) is 110 cm³/mol. The Morgan fingerprint density at radius 3 is 2.72 bits per heavy atom. The third kappa shape index (κ3) is 4.02. The molecule has 2 heterocycles. The Hall–Kier alpha value is -2.77. The average Bonchev–Trinajstić information content (AvgIpc) is 3.16. The van der Waals surface area contributed by atoms with Gasteiger partial charge in [-0.2, -0.15) is 10.1 Å². The number of nitrogens with zero attached hydrogens (tertiary/aromatic N) is 3. The van der Waals surface area contributed by atoms with Gasteiger partial charge >= 0.3 is 0 Å². The number of nitrogens with one attached hydrogen (secondary N) is 1. The van der Waals surface area contributed by atoms with Gasteiger partial charge in [0.15, 0.2) is 11.5 Å². The number of rotatable bonds is 6. The highest BCUT2D eigenvalue weighted by atomic mass is 35.5. The van der Waals surface area contributed by atoms with Gasteiger partial charge in [0, 0.05) is 15.6 Å². The smallest absolute Gasteiger partial charge is 0.229 e.